The summed E-state index contributed by atoms with van der Waals surface area (Å²) in [6.45, 7) is 0.288. The highest BCUT2D eigenvalue weighted by molar-refractivity contribution is 5.81. The molecule has 0 saturated heterocycles. The summed E-state index contributed by atoms with van der Waals surface area (Å²) in [5, 5.41) is 3.56. The molecule has 1 N–H and O–H groups in total. The molecule has 2 aromatic carbocycles. The minimum atomic E-state index is -4.39. The molecule has 4 aromatic rings. The number of ether oxygens (including phenoxy) is 1. The van der Waals surface area contributed by atoms with Gasteiger partial charge in [-0.25, -0.2) is 9.97 Å². The van der Waals surface area contributed by atoms with Crippen molar-refractivity contribution in [3.63, 3.8) is 0 Å². The van der Waals surface area contributed by atoms with Crippen molar-refractivity contribution in [3.8, 4) is 11.6 Å². The Hall–Kier alpha value is -3.88. The van der Waals surface area contributed by atoms with Crippen molar-refractivity contribution in [3.05, 3.63) is 83.8 Å². The molecule has 4 rings (SSSR count). The average Bonchev–Trinajstić information content (AvgIpc) is 3.15. The van der Waals surface area contributed by atoms with Crippen LogP contribution in [-0.4, -0.2) is 20.4 Å². The standard InChI is InChI=1S/C23H19F3N4O2/c1-30-11-10-19-21(30)28-14-29-22(19)32-18-8-4-16(5-9-18)13-27-20(31)12-15-2-6-17(7-3-15)23(24,25)26/h2-11,14H,12-13H2,1H3,(H,27,31). The molecule has 0 bridgehead atoms. The molecule has 0 aliphatic rings. The fraction of sp³-hybridized carbons (Fsp3) is 0.174. The zero-order chi connectivity index (χ0) is 22.7. The molecule has 0 atom stereocenters. The summed E-state index contributed by atoms with van der Waals surface area (Å²) in [6, 6.07) is 13.6. The van der Waals surface area contributed by atoms with E-state index >= 15 is 0 Å². The van der Waals surface area contributed by atoms with E-state index in [1.165, 1.54) is 18.5 Å². The van der Waals surface area contributed by atoms with E-state index in [2.05, 4.69) is 15.3 Å². The number of carbonyl (C=O) groups is 1. The van der Waals surface area contributed by atoms with Crippen LogP contribution in [-0.2, 0) is 31.0 Å². The second-order valence-corrected chi connectivity index (χ2v) is 7.24. The van der Waals surface area contributed by atoms with Crippen LogP contribution >= 0.6 is 0 Å². The van der Waals surface area contributed by atoms with Gasteiger partial charge in [-0.2, -0.15) is 13.2 Å². The van der Waals surface area contributed by atoms with E-state index in [4.69, 9.17) is 4.74 Å². The third kappa shape index (κ3) is 4.88. The number of aryl methyl sites for hydroxylation is 1. The number of halogens is 3. The van der Waals surface area contributed by atoms with Crippen LogP contribution in [0.2, 0.25) is 0 Å². The van der Waals surface area contributed by atoms with Gasteiger partial charge in [0.1, 0.15) is 17.7 Å². The van der Waals surface area contributed by atoms with Crippen molar-refractivity contribution in [2.75, 3.05) is 0 Å². The molecule has 2 aromatic heterocycles. The lowest BCUT2D eigenvalue weighted by Gasteiger charge is -2.09. The average molecular weight is 440 g/mol. The van der Waals surface area contributed by atoms with E-state index in [9.17, 15) is 18.0 Å². The van der Waals surface area contributed by atoms with Gasteiger partial charge in [0.15, 0.2) is 0 Å². The first-order chi connectivity index (χ1) is 15.3. The summed E-state index contributed by atoms with van der Waals surface area (Å²) >= 11 is 0. The van der Waals surface area contributed by atoms with Crippen LogP contribution < -0.4 is 10.1 Å². The highest BCUT2D eigenvalue weighted by atomic mass is 19.4. The van der Waals surface area contributed by atoms with E-state index in [0.29, 0.717) is 17.2 Å². The second kappa shape index (κ2) is 8.70. The Morgan fingerprint density at radius 2 is 1.69 bits per heavy atom. The van der Waals surface area contributed by atoms with Crippen LogP contribution in [0.25, 0.3) is 11.0 Å². The van der Waals surface area contributed by atoms with Crippen LogP contribution in [0.15, 0.2) is 67.1 Å². The number of nitrogens with zero attached hydrogens (tertiary/aromatic N) is 3. The van der Waals surface area contributed by atoms with Gasteiger partial charge >= 0.3 is 6.18 Å². The summed E-state index contributed by atoms with van der Waals surface area (Å²) in [6.07, 6.45) is -1.07. The molecule has 9 heteroatoms. The number of nitrogens with one attached hydrogen (secondary N) is 1. The molecule has 0 saturated carbocycles. The van der Waals surface area contributed by atoms with Gasteiger partial charge in [0.05, 0.1) is 17.4 Å². The lowest BCUT2D eigenvalue weighted by Crippen LogP contribution is -2.24. The summed E-state index contributed by atoms with van der Waals surface area (Å²) in [7, 11) is 1.89. The van der Waals surface area contributed by atoms with Crippen molar-refractivity contribution in [2.24, 2.45) is 7.05 Å². The number of alkyl halides is 3. The summed E-state index contributed by atoms with van der Waals surface area (Å²) in [5.41, 5.74) is 1.39. The first-order valence-corrected chi connectivity index (χ1v) is 9.75. The predicted molar refractivity (Wildman–Crippen MR) is 112 cm³/mol. The molecule has 0 radical (unpaired) electrons. The first kappa shape index (κ1) is 21.4. The maximum absolute atomic E-state index is 12.6. The molecule has 0 aliphatic heterocycles. The van der Waals surface area contributed by atoms with Gasteiger partial charge in [-0.1, -0.05) is 24.3 Å². The minimum Gasteiger partial charge on any atom is -0.438 e. The normalized spacial score (nSPS) is 11.5. The topological polar surface area (TPSA) is 69.0 Å². The van der Waals surface area contributed by atoms with Crippen LogP contribution in [0, 0.1) is 0 Å². The van der Waals surface area contributed by atoms with Crippen molar-refractivity contribution in [1.29, 1.82) is 0 Å². The molecule has 1 amide bonds. The number of aromatic nitrogens is 3. The van der Waals surface area contributed by atoms with Crippen LogP contribution in [0.5, 0.6) is 11.6 Å². The highest BCUT2D eigenvalue weighted by Crippen LogP contribution is 2.29. The zero-order valence-corrected chi connectivity index (χ0v) is 17.1. The monoisotopic (exact) mass is 440 g/mol. The second-order valence-electron chi connectivity index (χ2n) is 7.24. The Bertz CT molecular complexity index is 1230. The fourth-order valence-electron chi connectivity index (χ4n) is 3.18. The number of benzene rings is 2. The lowest BCUT2D eigenvalue weighted by atomic mass is 10.1. The summed E-state index contributed by atoms with van der Waals surface area (Å²) in [5.74, 6) is 0.763. The van der Waals surface area contributed by atoms with Crippen molar-refractivity contribution >= 4 is 16.9 Å². The summed E-state index contributed by atoms with van der Waals surface area (Å²) in [4.78, 5) is 20.5. The number of fused-ring (bicyclic) bond motifs is 1. The van der Waals surface area contributed by atoms with Gasteiger partial charge in [0.25, 0.3) is 0 Å². The molecule has 164 valence electrons. The van der Waals surface area contributed by atoms with Crippen LogP contribution in [0.1, 0.15) is 16.7 Å². The molecule has 2 heterocycles. The maximum Gasteiger partial charge on any atom is 0.416 e. The maximum atomic E-state index is 12.6. The van der Waals surface area contributed by atoms with E-state index in [1.54, 1.807) is 12.1 Å². The number of carbonyl (C=O) groups excluding carboxylic acids is 1. The fourth-order valence-corrected chi connectivity index (χ4v) is 3.18. The summed E-state index contributed by atoms with van der Waals surface area (Å²) < 4.78 is 45.6. The molecule has 0 aliphatic carbocycles. The van der Waals surface area contributed by atoms with Crippen molar-refractivity contribution in [1.82, 2.24) is 19.9 Å². The predicted octanol–water partition coefficient (Wildman–Crippen LogP) is 4.64. The van der Waals surface area contributed by atoms with E-state index in [1.807, 2.05) is 36.0 Å². The molecular weight excluding hydrogens is 421 g/mol. The van der Waals surface area contributed by atoms with Crippen molar-refractivity contribution in [2.45, 2.75) is 19.1 Å². The zero-order valence-electron chi connectivity index (χ0n) is 17.1. The Morgan fingerprint density at radius 1 is 1.00 bits per heavy atom. The third-order valence-electron chi connectivity index (χ3n) is 4.90. The largest absolute Gasteiger partial charge is 0.438 e. The van der Waals surface area contributed by atoms with E-state index in [0.717, 1.165) is 28.7 Å². The van der Waals surface area contributed by atoms with Gasteiger partial charge < -0.3 is 14.6 Å². The number of rotatable bonds is 6. The van der Waals surface area contributed by atoms with Crippen LogP contribution in [0.4, 0.5) is 13.2 Å². The SMILES string of the molecule is Cn1ccc2c(Oc3ccc(CNC(=O)Cc4ccc(C(F)(F)F)cc4)cc3)ncnc21. The van der Waals surface area contributed by atoms with Gasteiger partial charge in [-0.15, -0.1) is 0 Å². The number of hydrogen-bond donors (Lipinski definition) is 1. The number of amides is 1. The smallest absolute Gasteiger partial charge is 0.416 e. The Morgan fingerprint density at radius 3 is 2.38 bits per heavy atom. The Balaban J connectivity index is 1.32. The number of hydrogen-bond acceptors (Lipinski definition) is 4. The van der Waals surface area contributed by atoms with Crippen molar-refractivity contribution < 1.29 is 22.7 Å². The third-order valence-corrected chi connectivity index (χ3v) is 4.90. The minimum absolute atomic E-state index is 0.000117. The Kier molecular flexibility index (Phi) is 5.81. The molecule has 0 fully saturated rings. The quantitative estimate of drug-likeness (QED) is 0.474. The molecular formula is C23H19F3N4O2. The van der Waals surface area contributed by atoms with E-state index < -0.39 is 11.7 Å². The highest BCUT2D eigenvalue weighted by Gasteiger charge is 2.29. The van der Waals surface area contributed by atoms with E-state index in [-0.39, 0.29) is 18.9 Å². The molecule has 0 unspecified atom stereocenters. The van der Waals surface area contributed by atoms with Gasteiger partial charge in [0.2, 0.25) is 11.8 Å². The molecule has 0 spiro atoms. The molecule has 32 heavy (non-hydrogen) atoms. The molecule has 6 nitrogen and oxygen atoms in total. The van der Waals surface area contributed by atoms with Gasteiger partial charge in [-0.3, -0.25) is 4.79 Å². The van der Waals surface area contributed by atoms with Gasteiger partial charge in [0, 0.05) is 19.8 Å². The first-order valence-electron chi connectivity index (χ1n) is 9.75. The van der Waals surface area contributed by atoms with Gasteiger partial charge in [-0.05, 0) is 41.5 Å². The Labute approximate surface area is 181 Å². The lowest BCUT2D eigenvalue weighted by molar-refractivity contribution is -0.137. The van der Waals surface area contributed by atoms with Crippen LogP contribution in [0.3, 0.4) is 0 Å².